The van der Waals surface area contributed by atoms with Crippen molar-refractivity contribution in [1.29, 1.82) is 0 Å². The number of ether oxygens (including phenoxy) is 1. The molecule has 0 fully saturated rings. The Hall–Kier alpha value is -3.75. The average Bonchev–Trinajstić information content (AvgIpc) is 2.68. The maximum absolute atomic E-state index is 12.4. The second-order valence-electron chi connectivity index (χ2n) is 5.65. The summed E-state index contributed by atoms with van der Waals surface area (Å²) in [4.78, 5) is 38.7. The van der Waals surface area contributed by atoms with E-state index in [-0.39, 0.29) is 35.6 Å². The molecule has 9 nitrogen and oxygen atoms in total. The van der Waals surface area contributed by atoms with Crippen LogP contribution in [-0.2, 0) is 11.3 Å². The largest absolute Gasteiger partial charge is 0.492 e. The molecule has 2 aromatic carbocycles. The maximum atomic E-state index is 12.4. The van der Waals surface area contributed by atoms with E-state index in [0.717, 1.165) is 4.57 Å². The van der Waals surface area contributed by atoms with Crippen molar-refractivity contribution in [1.82, 2.24) is 14.9 Å². The van der Waals surface area contributed by atoms with Crippen LogP contribution in [0.3, 0.4) is 0 Å². The number of carbonyl (C=O) groups excluding carboxylic acids is 1. The lowest BCUT2D eigenvalue weighted by atomic mass is 10.2. The summed E-state index contributed by atoms with van der Waals surface area (Å²) in [6, 6.07) is 13.0. The predicted molar refractivity (Wildman–Crippen MR) is 97.6 cm³/mol. The summed E-state index contributed by atoms with van der Waals surface area (Å²) in [7, 11) is 0. The molecule has 0 bridgehead atoms. The molecule has 0 unspecified atom stereocenters. The van der Waals surface area contributed by atoms with Crippen molar-refractivity contribution >= 4 is 22.5 Å². The number of nitrogens with one attached hydrogen (secondary N) is 1. The van der Waals surface area contributed by atoms with E-state index in [1.807, 2.05) is 30.3 Å². The number of hydrogen-bond donors (Lipinski definition) is 1. The zero-order chi connectivity index (χ0) is 19.2. The quantitative estimate of drug-likeness (QED) is 0.384. The fourth-order valence-corrected chi connectivity index (χ4v) is 2.46. The third-order valence-electron chi connectivity index (χ3n) is 3.77. The lowest BCUT2D eigenvalue weighted by Gasteiger charge is -2.09. The maximum Gasteiger partial charge on any atom is 0.271 e. The second-order valence-corrected chi connectivity index (χ2v) is 5.65. The number of nitro groups is 1. The van der Waals surface area contributed by atoms with Crippen LogP contribution in [0.4, 0.5) is 5.69 Å². The molecule has 1 heterocycles. The molecule has 0 atom stereocenters. The number of rotatable bonds is 7. The van der Waals surface area contributed by atoms with Crippen LogP contribution in [0, 0.1) is 10.1 Å². The van der Waals surface area contributed by atoms with Gasteiger partial charge in [0.2, 0.25) is 5.91 Å². The summed E-state index contributed by atoms with van der Waals surface area (Å²) >= 11 is 0. The van der Waals surface area contributed by atoms with E-state index >= 15 is 0 Å². The number of nitro benzene ring substituents is 1. The van der Waals surface area contributed by atoms with Crippen LogP contribution in [0.25, 0.3) is 10.9 Å². The van der Waals surface area contributed by atoms with Gasteiger partial charge in [-0.05, 0) is 18.2 Å². The molecule has 0 spiro atoms. The molecule has 3 rings (SSSR count). The first-order valence-corrected chi connectivity index (χ1v) is 8.13. The van der Waals surface area contributed by atoms with Gasteiger partial charge in [0.1, 0.15) is 18.9 Å². The van der Waals surface area contributed by atoms with Gasteiger partial charge < -0.3 is 10.1 Å². The molecule has 27 heavy (non-hydrogen) atoms. The first-order chi connectivity index (χ1) is 13.0. The molecule has 9 heteroatoms. The molecular formula is C18H16N4O5. The molecule has 0 radical (unpaired) electrons. The van der Waals surface area contributed by atoms with Gasteiger partial charge in [-0.1, -0.05) is 18.2 Å². The Bertz CT molecular complexity index is 1030. The van der Waals surface area contributed by atoms with Crippen molar-refractivity contribution in [2.45, 2.75) is 6.54 Å². The third kappa shape index (κ3) is 4.46. The van der Waals surface area contributed by atoms with E-state index in [2.05, 4.69) is 10.3 Å². The first kappa shape index (κ1) is 18.1. The topological polar surface area (TPSA) is 116 Å². The Morgan fingerprint density at radius 2 is 2.00 bits per heavy atom. The molecule has 138 valence electrons. The van der Waals surface area contributed by atoms with Gasteiger partial charge >= 0.3 is 0 Å². The van der Waals surface area contributed by atoms with Crippen LogP contribution < -0.4 is 15.6 Å². The first-order valence-electron chi connectivity index (χ1n) is 8.13. The second kappa shape index (κ2) is 8.09. The third-order valence-corrected chi connectivity index (χ3v) is 3.77. The zero-order valence-corrected chi connectivity index (χ0v) is 14.2. The fourth-order valence-electron chi connectivity index (χ4n) is 2.46. The van der Waals surface area contributed by atoms with Gasteiger partial charge in [-0.15, -0.1) is 0 Å². The van der Waals surface area contributed by atoms with Crippen molar-refractivity contribution < 1.29 is 14.5 Å². The molecule has 3 aromatic rings. The van der Waals surface area contributed by atoms with Crippen molar-refractivity contribution in [3.05, 3.63) is 75.3 Å². The minimum Gasteiger partial charge on any atom is -0.492 e. The number of para-hydroxylation sites is 1. The van der Waals surface area contributed by atoms with Gasteiger partial charge in [-0.3, -0.25) is 24.3 Å². The molecule has 1 N–H and O–H groups in total. The van der Waals surface area contributed by atoms with E-state index < -0.39 is 10.5 Å². The number of hydrogen-bond acceptors (Lipinski definition) is 6. The highest BCUT2D eigenvalue weighted by Crippen LogP contribution is 2.16. The lowest BCUT2D eigenvalue weighted by Crippen LogP contribution is -2.34. The highest BCUT2D eigenvalue weighted by atomic mass is 16.6. The van der Waals surface area contributed by atoms with Crippen molar-refractivity contribution in [2.24, 2.45) is 0 Å². The minimum atomic E-state index is -0.558. The van der Waals surface area contributed by atoms with Gasteiger partial charge in [0, 0.05) is 12.1 Å². The summed E-state index contributed by atoms with van der Waals surface area (Å²) < 4.78 is 6.62. The number of fused-ring (bicyclic) bond motifs is 1. The molecule has 1 amide bonds. The Labute approximate surface area is 153 Å². The molecule has 1 aromatic heterocycles. The Kier molecular flexibility index (Phi) is 5.41. The van der Waals surface area contributed by atoms with Crippen molar-refractivity contribution in [3.8, 4) is 5.75 Å². The fraction of sp³-hybridized carbons (Fsp3) is 0.167. The number of amides is 1. The highest BCUT2D eigenvalue weighted by molar-refractivity contribution is 5.80. The van der Waals surface area contributed by atoms with Crippen LogP contribution in [0.15, 0.2) is 59.7 Å². The van der Waals surface area contributed by atoms with Crippen molar-refractivity contribution in [2.75, 3.05) is 13.2 Å². The summed E-state index contributed by atoms with van der Waals surface area (Å²) in [5, 5.41) is 13.7. The summed E-state index contributed by atoms with van der Waals surface area (Å²) in [6.07, 6.45) is 1.20. The van der Waals surface area contributed by atoms with Gasteiger partial charge in [0.15, 0.2) is 0 Å². The smallest absolute Gasteiger partial charge is 0.271 e. The predicted octanol–water partition coefficient (Wildman–Crippen LogP) is 1.50. The Balaban J connectivity index is 1.59. The molecule has 0 aliphatic carbocycles. The molecule has 0 saturated carbocycles. The van der Waals surface area contributed by atoms with Gasteiger partial charge in [-0.25, -0.2) is 4.98 Å². The van der Waals surface area contributed by atoms with Gasteiger partial charge in [0.05, 0.1) is 28.7 Å². The Morgan fingerprint density at radius 1 is 1.22 bits per heavy atom. The highest BCUT2D eigenvalue weighted by Gasteiger charge is 2.12. The van der Waals surface area contributed by atoms with Crippen LogP contribution in [-0.4, -0.2) is 33.5 Å². The summed E-state index contributed by atoms with van der Waals surface area (Å²) in [5.74, 6) is 0.340. The number of benzene rings is 2. The van der Waals surface area contributed by atoms with Crippen molar-refractivity contribution in [3.63, 3.8) is 0 Å². The molecular weight excluding hydrogens is 352 g/mol. The summed E-state index contributed by atoms with van der Waals surface area (Å²) in [6.45, 7) is 0.379. The minimum absolute atomic E-state index is 0.150. The monoisotopic (exact) mass is 368 g/mol. The Morgan fingerprint density at radius 3 is 2.74 bits per heavy atom. The van der Waals surface area contributed by atoms with Gasteiger partial charge in [0.25, 0.3) is 11.2 Å². The lowest BCUT2D eigenvalue weighted by molar-refractivity contribution is -0.384. The molecule has 0 aliphatic rings. The van der Waals surface area contributed by atoms with E-state index in [1.165, 1.54) is 24.5 Å². The number of non-ortho nitro benzene ring substituents is 1. The average molecular weight is 368 g/mol. The van der Waals surface area contributed by atoms with Gasteiger partial charge in [-0.2, -0.15) is 0 Å². The number of carbonyl (C=O) groups is 1. The van der Waals surface area contributed by atoms with Crippen LogP contribution in [0.5, 0.6) is 5.75 Å². The van der Waals surface area contributed by atoms with E-state index in [4.69, 9.17) is 4.74 Å². The van der Waals surface area contributed by atoms with Crippen LogP contribution >= 0.6 is 0 Å². The normalized spacial score (nSPS) is 10.5. The molecule has 0 aliphatic heterocycles. The SMILES string of the molecule is O=C(Cn1cnc2cc([N+](=O)[O-])ccc2c1=O)NCCOc1ccccc1. The summed E-state index contributed by atoms with van der Waals surface area (Å²) in [5.41, 5.74) is -0.379. The number of nitrogens with zero attached hydrogens (tertiary/aromatic N) is 3. The van der Waals surface area contributed by atoms with E-state index in [0.29, 0.717) is 12.4 Å². The number of aromatic nitrogens is 2. The van der Waals surface area contributed by atoms with E-state index in [9.17, 15) is 19.7 Å². The van der Waals surface area contributed by atoms with Crippen LogP contribution in [0.1, 0.15) is 0 Å². The van der Waals surface area contributed by atoms with E-state index in [1.54, 1.807) is 0 Å². The standard InChI is InChI=1S/C18H16N4O5/c23-17(19-8-9-27-14-4-2-1-3-5-14)11-21-12-20-16-10-13(22(25)26)6-7-15(16)18(21)24/h1-7,10,12H,8-9,11H2,(H,19,23). The molecule has 0 saturated heterocycles. The van der Waals surface area contributed by atoms with Crippen LogP contribution in [0.2, 0.25) is 0 Å². The zero-order valence-electron chi connectivity index (χ0n) is 14.2.